The van der Waals surface area contributed by atoms with Gasteiger partial charge >= 0.3 is 5.97 Å². The molecule has 0 aliphatic rings. The first-order chi connectivity index (χ1) is 20.5. The Morgan fingerprint density at radius 3 is 2.48 bits per heavy atom. The van der Waals surface area contributed by atoms with Gasteiger partial charge in [-0.05, 0) is 29.8 Å². The van der Waals surface area contributed by atoms with Crippen molar-refractivity contribution in [2.24, 2.45) is 0 Å². The van der Waals surface area contributed by atoms with E-state index in [0.29, 0.717) is 22.5 Å². The van der Waals surface area contributed by atoms with Crippen LogP contribution in [0.1, 0.15) is 21.7 Å². The molecule has 1 atom stereocenters. The third kappa shape index (κ3) is 5.43. The first-order valence-corrected chi connectivity index (χ1v) is 13.1. The monoisotopic (exact) mass is 560 g/mol. The number of hydrogen-bond acceptors (Lipinski definition) is 7. The lowest BCUT2D eigenvalue weighted by molar-refractivity contribution is -0.384. The van der Waals surface area contributed by atoms with Crippen LogP contribution in [0.15, 0.2) is 97.5 Å². The van der Waals surface area contributed by atoms with Gasteiger partial charge in [-0.25, -0.2) is 14.8 Å². The van der Waals surface area contributed by atoms with Crippen molar-refractivity contribution in [3.63, 3.8) is 0 Å². The summed E-state index contributed by atoms with van der Waals surface area (Å²) in [6.45, 7) is 0.0544. The molecule has 0 bridgehead atoms. The number of aromatic amines is 2. The van der Waals surface area contributed by atoms with E-state index in [1.54, 1.807) is 24.4 Å². The Hall–Kier alpha value is -5.84. The standard InChI is InChI=1S/C31H24N6O5/c38-30(36-27(14-21-16-32-18-33-21)31(39)42-17-19-6-2-1-3-7-19)26-15-24-23-8-4-5-9-25(23)34-29(24)28(35-26)20-10-12-22(13-11-20)37(40)41/h1-13,15-16,18,27,34H,14,17H2,(H,32,33)(H,36,38)/t27-/m0/s1. The number of carbonyl (C=O) groups excluding carboxylic acids is 2. The van der Waals surface area contributed by atoms with Gasteiger partial charge in [-0.15, -0.1) is 0 Å². The van der Waals surface area contributed by atoms with Crippen LogP contribution < -0.4 is 5.32 Å². The molecule has 0 unspecified atom stereocenters. The summed E-state index contributed by atoms with van der Waals surface area (Å²) in [4.78, 5) is 52.6. The van der Waals surface area contributed by atoms with Crippen LogP contribution >= 0.6 is 0 Å². The molecule has 0 aliphatic heterocycles. The Bertz CT molecular complexity index is 1900. The highest BCUT2D eigenvalue weighted by Gasteiger charge is 2.26. The number of imidazole rings is 1. The Labute approximate surface area is 238 Å². The summed E-state index contributed by atoms with van der Waals surface area (Å²) in [7, 11) is 0. The number of aromatic nitrogens is 4. The van der Waals surface area contributed by atoms with Crippen molar-refractivity contribution in [1.82, 2.24) is 25.3 Å². The molecule has 3 heterocycles. The molecule has 3 aromatic heterocycles. The number of pyridine rings is 1. The molecule has 6 aromatic rings. The van der Waals surface area contributed by atoms with Gasteiger partial charge in [-0.1, -0.05) is 48.5 Å². The molecule has 0 spiro atoms. The maximum atomic E-state index is 13.7. The number of nitrogens with zero attached hydrogens (tertiary/aromatic N) is 3. The number of hydrogen-bond donors (Lipinski definition) is 3. The molecule has 0 aliphatic carbocycles. The Morgan fingerprint density at radius 1 is 0.976 bits per heavy atom. The van der Waals surface area contributed by atoms with E-state index in [9.17, 15) is 19.7 Å². The zero-order valence-electron chi connectivity index (χ0n) is 22.1. The van der Waals surface area contributed by atoms with Crippen LogP contribution in [0.2, 0.25) is 0 Å². The van der Waals surface area contributed by atoms with Crippen molar-refractivity contribution in [2.45, 2.75) is 19.1 Å². The molecule has 42 heavy (non-hydrogen) atoms. The molecule has 11 nitrogen and oxygen atoms in total. The molecule has 3 aromatic carbocycles. The average molecular weight is 561 g/mol. The molecule has 11 heteroatoms. The van der Waals surface area contributed by atoms with Gasteiger partial charge in [0.25, 0.3) is 11.6 Å². The summed E-state index contributed by atoms with van der Waals surface area (Å²) in [5.41, 5.74) is 4.03. The predicted octanol–water partition coefficient (Wildman–Crippen LogP) is 5.10. The van der Waals surface area contributed by atoms with Crippen LogP contribution in [-0.2, 0) is 22.6 Å². The summed E-state index contributed by atoms with van der Waals surface area (Å²) in [6, 6.07) is 23.5. The van der Waals surface area contributed by atoms with E-state index in [1.807, 2.05) is 54.6 Å². The van der Waals surface area contributed by atoms with Crippen molar-refractivity contribution in [3.8, 4) is 11.3 Å². The maximum absolute atomic E-state index is 13.7. The van der Waals surface area contributed by atoms with E-state index in [4.69, 9.17) is 4.74 Å². The number of amides is 1. The highest BCUT2D eigenvalue weighted by atomic mass is 16.6. The lowest BCUT2D eigenvalue weighted by Gasteiger charge is -2.17. The van der Waals surface area contributed by atoms with Crippen LogP contribution in [0.5, 0.6) is 0 Å². The van der Waals surface area contributed by atoms with Gasteiger partial charge in [0.05, 0.1) is 22.5 Å². The largest absolute Gasteiger partial charge is 0.459 e. The number of nitro groups is 1. The van der Waals surface area contributed by atoms with Crippen molar-refractivity contribution >= 4 is 39.4 Å². The first-order valence-electron chi connectivity index (χ1n) is 13.1. The number of rotatable bonds is 9. The molecule has 0 fully saturated rings. The van der Waals surface area contributed by atoms with Gasteiger partial charge in [-0.3, -0.25) is 14.9 Å². The Balaban J connectivity index is 1.35. The van der Waals surface area contributed by atoms with Crippen LogP contribution in [0.4, 0.5) is 5.69 Å². The second-order valence-corrected chi connectivity index (χ2v) is 9.65. The molecule has 0 saturated carbocycles. The van der Waals surface area contributed by atoms with Crippen LogP contribution in [0.3, 0.4) is 0 Å². The maximum Gasteiger partial charge on any atom is 0.329 e. The molecule has 6 rings (SSSR count). The van der Waals surface area contributed by atoms with Crippen LogP contribution in [-0.4, -0.2) is 42.8 Å². The summed E-state index contributed by atoms with van der Waals surface area (Å²) >= 11 is 0. The number of nitrogens with one attached hydrogen (secondary N) is 3. The average Bonchev–Trinajstić information content (AvgIpc) is 3.67. The van der Waals surface area contributed by atoms with E-state index in [0.717, 1.165) is 21.9 Å². The molecule has 208 valence electrons. The summed E-state index contributed by atoms with van der Waals surface area (Å²) in [5, 5.41) is 15.6. The van der Waals surface area contributed by atoms with Gasteiger partial charge in [0.15, 0.2) is 0 Å². The lowest BCUT2D eigenvalue weighted by Crippen LogP contribution is -2.43. The van der Waals surface area contributed by atoms with Gasteiger partial charge in [0.2, 0.25) is 0 Å². The van der Waals surface area contributed by atoms with E-state index >= 15 is 0 Å². The number of para-hydroxylation sites is 1. The van der Waals surface area contributed by atoms with Crippen molar-refractivity contribution in [1.29, 1.82) is 0 Å². The number of carbonyl (C=O) groups is 2. The van der Waals surface area contributed by atoms with Gasteiger partial charge in [0, 0.05) is 52.3 Å². The minimum atomic E-state index is -1.02. The Morgan fingerprint density at radius 2 is 1.74 bits per heavy atom. The fourth-order valence-corrected chi connectivity index (χ4v) is 4.78. The first kappa shape index (κ1) is 26.4. The molecule has 3 N–H and O–H groups in total. The van der Waals surface area contributed by atoms with Crippen molar-refractivity contribution < 1.29 is 19.2 Å². The van der Waals surface area contributed by atoms with Gasteiger partial charge in [-0.2, -0.15) is 0 Å². The smallest absolute Gasteiger partial charge is 0.329 e. The highest BCUT2D eigenvalue weighted by Crippen LogP contribution is 2.33. The number of nitro benzene ring substituents is 1. The number of benzene rings is 3. The van der Waals surface area contributed by atoms with Crippen LogP contribution in [0, 0.1) is 10.1 Å². The van der Waals surface area contributed by atoms with Crippen LogP contribution in [0.25, 0.3) is 33.1 Å². The van der Waals surface area contributed by atoms with E-state index in [1.165, 1.54) is 18.5 Å². The zero-order valence-corrected chi connectivity index (χ0v) is 22.1. The minimum absolute atomic E-state index is 0.0544. The zero-order chi connectivity index (χ0) is 29.1. The molecule has 0 saturated heterocycles. The second kappa shape index (κ2) is 11.3. The molecule has 1 amide bonds. The Kier molecular flexibility index (Phi) is 7.12. The van der Waals surface area contributed by atoms with Gasteiger partial charge in [0.1, 0.15) is 18.3 Å². The quantitative estimate of drug-likeness (QED) is 0.126. The minimum Gasteiger partial charge on any atom is -0.459 e. The topological polar surface area (TPSA) is 156 Å². The molecule has 0 radical (unpaired) electrons. The summed E-state index contributed by atoms with van der Waals surface area (Å²) in [6.07, 6.45) is 3.20. The number of esters is 1. The fraction of sp³-hybridized carbons (Fsp3) is 0.0968. The number of H-pyrrole nitrogens is 2. The highest BCUT2D eigenvalue weighted by molar-refractivity contribution is 6.13. The fourth-order valence-electron chi connectivity index (χ4n) is 4.78. The van der Waals surface area contributed by atoms with Gasteiger partial charge < -0.3 is 20.0 Å². The number of non-ortho nitro benzene ring substituents is 1. The van der Waals surface area contributed by atoms with Crippen molar-refractivity contribution in [2.75, 3.05) is 0 Å². The lowest BCUT2D eigenvalue weighted by atomic mass is 10.1. The van der Waals surface area contributed by atoms with E-state index in [2.05, 4.69) is 25.3 Å². The SMILES string of the molecule is O=C(N[C@@H](Cc1cnc[nH]1)C(=O)OCc1ccccc1)c1cc2c([nH]c3ccccc32)c(-c2ccc([N+](=O)[O-])cc2)n1. The predicted molar refractivity (Wildman–Crippen MR) is 155 cm³/mol. The third-order valence-electron chi connectivity index (χ3n) is 6.87. The summed E-state index contributed by atoms with van der Waals surface area (Å²) in [5.74, 6) is -1.18. The molecular formula is C31H24N6O5. The van der Waals surface area contributed by atoms with E-state index in [-0.39, 0.29) is 24.4 Å². The number of fused-ring (bicyclic) bond motifs is 3. The van der Waals surface area contributed by atoms with Crippen molar-refractivity contribution in [3.05, 3.63) is 125 Å². The number of ether oxygens (including phenoxy) is 1. The summed E-state index contributed by atoms with van der Waals surface area (Å²) < 4.78 is 5.55. The third-order valence-corrected chi connectivity index (χ3v) is 6.87. The molecular weight excluding hydrogens is 536 g/mol. The van der Waals surface area contributed by atoms with E-state index < -0.39 is 22.8 Å². The second-order valence-electron chi connectivity index (χ2n) is 9.65. The normalized spacial score (nSPS) is 11.8.